The molecule has 1 aromatic rings. The lowest BCUT2D eigenvalue weighted by molar-refractivity contribution is 1.61. The van der Waals surface area contributed by atoms with Gasteiger partial charge in [-0.15, -0.1) is 0 Å². The van der Waals surface area contributed by atoms with Crippen molar-refractivity contribution in [3.63, 3.8) is 0 Å². The Hall–Kier alpha value is -0.980. The van der Waals surface area contributed by atoms with E-state index in [1.165, 1.54) is 0 Å². The minimum absolute atomic E-state index is 0.775. The van der Waals surface area contributed by atoms with Crippen LogP contribution in [0.4, 0.5) is 5.69 Å². The van der Waals surface area contributed by atoms with Crippen LogP contribution in [0.1, 0.15) is 5.56 Å². The van der Waals surface area contributed by atoms with Crippen LogP contribution in [0.2, 0.25) is 0 Å². The number of hydrogen-bond donors (Lipinski definition) is 1. The summed E-state index contributed by atoms with van der Waals surface area (Å²) in [6.07, 6.45) is 0. The van der Waals surface area contributed by atoms with Gasteiger partial charge < -0.3 is 5.73 Å². The van der Waals surface area contributed by atoms with Gasteiger partial charge in [-0.25, -0.2) is 0 Å². The largest absolute Gasteiger partial charge is 0.399 e. The molecule has 0 saturated heterocycles. The van der Waals surface area contributed by atoms with Crippen LogP contribution in [0.25, 0.3) is 0 Å². The van der Waals surface area contributed by atoms with Crippen LogP contribution in [0.15, 0.2) is 24.3 Å². The fraction of sp³-hybridized carbons (Fsp3) is 0. The van der Waals surface area contributed by atoms with E-state index in [2.05, 4.69) is 6.92 Å². The zero-order chi connectivity index (χ0) is 5.98. The van der Waals surface area contributed by atoms with Gasteiger partial charge in [0.2, 0.25) is 0 Å². The molecule has 0 heterocycles. The van der Waals surface area contributed by atoms with E-state index in [9.17, 15) is 0 Å². The monoisotopic (exact) mass is 106 g/mol. The van der Waals surface area contributed by atoms with Gasteiger partial charge in [0.1, 0.15) is 0 Å². The third-order valence-corrected chi connectivity index (χ3v) is 0.951. The summed E-state index contributed by atoms with van der Waals surface area (Å²) in [5.41, 5.74) is 7.16. The van der Waals surface area contributed by atoms with Crippen molar-refractivity contribution < 1.29 is 0 Å². The van der Waals surface area contributed by atoms with Gasteiger partial charge in [-0.05, 0) is 24.6 Å². The fourth-order valence-corrected chi connectivity index (χ4v) is 0.593. The molecule has 0 amide bonds. The van der Waals surface area contributed by atoms with Crippen molar-refractivity contribution >= 4 is 5.69 Å². The van der Waals surface area contributed by atoms with Crippen molar-refractivity contribution in [2.24, 2.45) is 0 Å². The summed E-state index contributed by atoms with van der Waals surface area (Å²) in [5.74, 6) is 0. The van der Waals surface area contributed by atoms with E-state index in [4.69, 9.17) is 5.73 Å². The molecule has 0 atom stereocenters. The Bertz CT molecular complexity index is 164. The predicted octanol–water partition coefficient (Wildman–Crippen LogP) is 1.45. The fourth-order valence-electron chi connectivity index (χ4n) is 0.593. The molecule has 41 valence electrons. The lowest BCUT2D eigenvalue weighted by Crippen LogP contribution is -1.82. The zero-order valence-electron chi connectivity index (χ0n) is 4.59. The normalized spacial score (nSPS) is 9.12. The van der Waals surface area contributed by atoms with E-state index in [1.54, 1.807) is 0 Å². The molecule has 0 spiro atoms. The number of nitrogen functional groups attached to an aromatic ring is 1. The van der Waals surface area contributed by atoms with Gasteiger partial charge in [0.05, 0.1) is 0 Å². The first-order chi connectivity index (χ1) is 3.79. The van der Waals surface area contributed by atoms with Crippen LogP contribution in [-0.2, 0) is 0 Å². The molecule has 0 bridgehead atoms. The van der Waals surface area contributed by atoms with Crippen molar-refractivity contribution in [3.8, 4) is 0 Å². The summed E-state index contributed by atoms with van der Waals surface area (Å²) in [6, 6.07) is 7.47. The lowest BCUT2D eigenvalue weighted by atomic mass is 10.2. The highest BCUT2D eigenvalue weighted by Gasteiger charge is 1.81. The van der Waals surface area contributed by atoms with E-state index < -0.39 is 0 Å². The van der Waals surface area contributed by atoms with Gasteiger partial charge in [-0.2, -0.15) is 0 Å². The summed E-state index contributed by atoms with van der Waals surface area (Å²) in [5, 5.41) is 0. The summed E-state index contributed by atoms with van der Waals surface area (Å²) in [7, 11) is 0. The molecule has 1 rings (SSSR count). The molecular formula is C7H8N. The first-order valence-electron chi connectivity index (χ1n) is 2.46. The van der Waals surface area contributed by atoms with E-state index in [0.29, 0.717) is 0 Å². The van der Waals surface area contributed by atoms with Crippen molar-refractivity contribution in [2.75, 3.05) is 5.73 Å². The standard InChI is InChI=1S/C7H8N/c1-6-3-2-4-7(8)5-6/h2-5H,1,8H2. The Morgan fingerprint density at radius 2 is 2.12 bits per heavy atom. The third-order valence-electron chi connectivity index (χ3n) is 0.951. The third kappa shape index (κ3) is 0.997. The SMILES string of the molecule is [CH2]c1cccc(N)c1. The number of benzene rings is 1. The lowest BCUT2D eigenvalue weighted by Gasteiger charge is -1.90. The van der Waals surface area contributed by atoms with Crippen molar-refractivity contribution in [3.05, 3.63) is 36.8 Å². The molecule has 0 aliphatic carbocycles. The predicted molar refractivity (Wildman–Crippen MR) is 35.3 cm³/mol. The molecule has 8 heavy (non-hydrogen) atoms. The molecule has 0 fully saturated rings. The Morgan fingerprint density at radius 3 is 2.50 bits per heavy atom. The molecule has 0 aliphatic rings. The number of rotatable bonds is 0. The van der Waals surface area contributed by atoms with Crippen LogP contribution in [0.3, 0.4) is 0 Å². The van der Waals surface area contributed by atoms with E-state index in [1.807, 2.05) is 24.3 Å². The van der Waals surface area contributed by atoms with Crippen LogP contribution < -0.4 is 5.73 Å². The molecule has 0 unspecified atom stereocenters. The van der Waals surface area contributed by atoms with E-state index in [0.717, 1.165) is 11.3 Å². The Kier molecular flexibility index (Phi) is 1.20. The maximum atomic E-state index is 5.42. The molecule has 1 heteroatoms. The van der Waals surface area contributed by atoms with Crippen LogP contribution in [0.5, 0.6) is 0 Å². The molecule has 1 nitrogen and oxygen atoms in total. The highest BCUT2D eigenvalue weighted by Crippen LogP contribution is 2.03. The minimum atomic E-state index is 0.775. The van der Waals surface area contributed by atoms with Crippen LogP contribution in [0, 0.1) is 6.92 Å². The van der Waals surface area contributed by atoms with Gasteiger partial charge in [-0.3, -0.25) is 0 Å². The molecular weight excluding hydrogens is 98.1 g/mol. The number of anilines is 1. The van der Waals surface area contributed by atoms with Crippen molar-refractivity contribution in [1.29, 1.82) is 0 Å². The van der Waals surface area contributed by atoms with Gasteiger partial charge >= 0.3 is 0 Å². The molecule has 0 aromatic heterocycles. The maximum absolute atomic E-state index is 5.42. The zero-order valence-corrected chi connectivity index (χ0v) is 4.59. The van der Waals surface area contributed by atoms with Crippen molar-refractivity contribution in [1.82, 2.24) is 0 Å². The number of hydrogen-bond acceptors (Lipinski definition) is 1. The average molecular weight is 106 g/mol. The molecule has 1 radical (unpaired) electrons. The topological polar surface area (TPSA) is 26.0 Å². The minimum Gasteiger partial charge on any atom is -0.399 e. The highest BCUT2D eigenvalue weighted by molar-refractivity contribution is 5.41. The van der Waals surface area contributed by atoms with Gasteiger partial charge in [0, 0.05) is 5.69 Å². The summed E-state index contributed by atoms with van der Waals surface area (Å²) in [4.78, 5) is 0. The Balaban J connectivity index is 3.08. The molecule has 1 aromatic carbocycles. The Morgan fingerprint density at radius 1 is 1.38 bits per heavy atom. The van der Waals surface area contributed by atoms with Gasteiger partial charge in [0.15, 0.2) is 0 Å². The molecule has 2 N–H and O–H groups in total. The second-order valence-corrected chi connectivity index (χ2v) is 1.75. The quantitative estimate of drug-likeness (QED) is 0.498. The highest BCUT2D eigenvalue weighted by atomic mass is 14.5. The Labute approximate surface area is 49.1 Å². The second kappa shape index (κ2) is 1.86. The number of nitrogens with two attached hydrogens (primary N) is 1. The summed E-state index contributed by atoms with van der Waals surface area (Å²) in [6.45, 7) is 3.70. The average Bonchev–Trinajstić information content (AvgIpc) is 1.64. The molecule has 0 saturated carbocycles. The summed E-state index contributed by atoms with van der Waals surface area (Å²) < 4.78 is 0. The first-order valence-corrected chi connectivity index (χ1v) is 2.46. The maximum Gasteiger partial charge on any atom is 0.0316 e. The van der Waals surface area contributed by atoms with Crippen LogP contribution >= 0.6 is 0 Å². The second-order valence-electron chi connectivity index (χ2n) is 1.75. The van der Waals surface area contributed by atoms with Crippen LogP contribution in [-0.4, -0.2) is 0 Å². The summed E-state index contributed by atoms with van der Waals surface area (Å²) >= 11 is 0. The smallest absolute Gasteiger partial charge is 0.0316 e. The van der Waals surface area contributed by atoms with Gasteiger partial charge in [-0.1, -0.05) is 12.1 Å². The van der Waals surface area contributed by atoms with Gasteiger partial charge in [0.25, 0.3) is 0 Å². The molecule has 0 aliphatic heterocycles. The first kappa shape index (κ1) is 5.16. The van der Waals surface area contributed by atoms with E-state index in [-0.39, 0.29) is 0 Å². The van der Waals surface area contributed by atoms with E-state index >= 15 is 0 Å². The van der Waals surface area contributed by atoms with Crippen molar-refractivity contribution in [2.45, 2.75) is 0 Å².